The van der Waals surface area contributed by atoms with Gasteiger partial charge in [0.05, 0.1) is 10.1 Å². The van der Waals surface area contributed by atoms with E-state index in [4.69, 9.17) is 5.14 Å². The zero-order chi connectivity index (χ0) is 21.3. The standard InChI is InChI=1S/C23H20N2O3S2/c1-15-7-12-21-19(13-15)22(26)20(23(29-21)16-5-3-2-4-6-16)14-25-17-8-10-18(11-9-17)30(24,27)28/h2-14,23,25H,1H3,(H2,24,27,28). The van der Waals surface area contributed by atoms with Crippen molar-refractivity contribution in [3.8, 4) is 0 Å². The number of hydrogen-bond acceptors (Lipinski definition) is 5. The van der Waals surface area contributed by atoms with Crippen LogP contribution in [-0.4, -0.2) is 14.2 Å². The monoisotopic (exact) mass is 436 g/mol. The Morgan fingerprint density at radius 2 is 1.70 bits per heavy atom. The smallest absolute Gasteiger partial charge is 0.238 e. The van der Waals surface area contributed by atoms with Crippen LogP contribution in [0.4, 0.5) is 5.69 Å². The van der Waals surface area contributed by atoms with Crippen LogP contribution in [0.1, 0.15) is 26.7 Å². The average Bonchev–Trinajstić information content (AvgIpc) is 2.73. The summed E-state index contributed by atoms with van der Waals surface area (Å²) in [6, 6.07) is 21.9. The first-order chi connectivity index (χ1) is 14.3. The first-order valence-corrected chi connectivity index (χ1v) is 11.7. The number of nitrogens with two attached hydrogens (primary N) is 1. The van der Waals surface area contributed by atoms with Crippen molar-refractivity contribution in [3.05, 3.63) is 101 Å². The third-order valence-corrected chi connectivity index (χ3v) is 7.15. The Morgan fingerprint density at radius 1 is 1.00 bits per heavy atom. The van der Waals surface area contributed by atoms with Crippen LogP contribution in [-0.2, 0) is 10.0 Å². The van der Waals surface area contributed by atoms with E-state index in [-0.39, 0.29) is 15.9 Å². The van der Waals surface area contributed by atoms with Crippen molar-refractivity contribution in [1.29, 1.82) is 0 Å². The lowest BCUT2D eigenvalue weighted by molar-refractivity contribution is 0.102. The van der Waals surface area contributed by atoms with Gasteiger partial charge in [-0.05, 0) is 48.9 Å². The number of rotatable bonds is 4. The fraction of sp³-hybridized carbons (Fsp3) is 0.0870. The molecule has 3 aromatic carbocycles. The van der Waals surface area contributed by atoms with E-state index in [1.54, 1.807) is 30.1 Å². The first kappa shape index (κ1) is 20.4. The summed E-state index contributed by atoms with van der Waals surface area (Å²) in [5, 5.41) is 8.14. The van der Waals surface area contributed by atoms with Crippen molar-refractivity contribution in [2.75, 3.05) is 5.32 Å². The van der Waals surface area contributed by atoms with Crippen molar-refractivity contribution in [1.82, 2.24) is 0 Å². The number of thioether (sulfide) groups is 1. The van der Waals surface area contributed by atoms with Gasteiger partial charge >= 0.3 is 0 Å². The molecular weight excluding hydrogens is 416 g/mol. The Balaban J connectivity index is 1.71. The number of ketones is 1. The highest BCUT2D eigenvalue weighted by Gasteiger charge is 2.32. The van der Waals surface area contributed by atoms with Crippen LogP contribution < -0.4 is 10.5 Å². The summed E-state index contributed by atoms with van der Waals surface area (Å²) in [4.78, 5) is 14.3. The molecule has 1 heterocycles. The molecule has 0 saturated carbocycles. The number of hydrogen-bond donors (Lipinski definition) is 2. The zero-order valence-electron chi connectivity index (χ0n) is 16.2. The number of sulfonamides is 1. The summed E-state index contributed by atoms with van der Waals surface area (Å²) in [5.41, 5.74) is 4.07. The summed E-state index contributed by atoms with van der Waals surface area (Å²) in [7, 11) is -3.75. The first-order valence-electron chi connectivity index (χ1n) is 9.29. The molecule has 0 saturated heterocycles. The Kier molecular flexibility index (Phi) is 5.51. The number of benzene rings is 3. The third-order valence-electron chi connectivity index (χ3n) is 4.85. The maximum absolute atomic E-state index is 13.3. The van der Waals surface area contributed by atoms with Crippen molar-refractivity contribution in [2.24, 2.45) is 5.14 Å². The summed E-state index contributed by atoms with van der Waals surface area (Å²) in [5.74, 6) is -0.0186. The SMILES string of the molecule is Cc1ccc2c(c1)C(=O)C(=CNc1ccc(S(N)(=O)=O)cc1)C(c1ccccc1)S2. The number of carbonyl (C=O) groups excluding carboxylic acids is 1. The molecule has 0 amide bonds. The maximum Gasteiger partial charge on any atom is 0.238 e. The van der Waals surface area contributed by atoms with E-state index < -0.39 is 10.0 Å². The largest absolute Gasteiger partial charge is 0.361 e. The molecule has 1 aliphatic rings. The van der Waals surface area contributed by atoms with Crippen molar-refractivity contribution >= 4 is 33.3 Å². The summed E-state index contributed by atoms with van der Waals surface area (Å²) in [6.07, 6.45) is 1.71. The summed E-state index contributed by atoms with van der Waals surface area (Å²) < 4.78 is 22.9. The Bertz CT molecular complexity index is 1240. The predicted octanol–water partition coefficient (Wildman–Crippen LogP) is 4.67. The number of fused-ring (bicyclic) bond motifs is 1. The van der Waals surface area contributed by atoms with Crippen molar-refractivity contribution in [3.63, 3.8) is 0 Å². The molecule has 0 spiro atoms. The van der Waals surface area contributed by atoms with Crippen molar-refractivity contribution < 1.29 is 13.2 Å². The van der Waals surface area contributed by atoms with Crippen LogP contribution in [0.25, 0.3) is 0 Å². The van der Waals surface area contributed by atoms with Crippen LogP contribution in [0.3, 0.4) is 0 Å². The summed E-state index contributed by atoms with van der Waals surface area (Å²) in [6.45, 7) is 1.97. The van der Waals surface area contributed by atoms with Crippen LogP contribution in [0, 0.1) is 6.92 Å². The van der Waals surface area contributed by atoms with E-state index in [9.17, 15) is 13.2 Å². The predicted molar refractivity (Wildman–Crippen MR) is 120 cm³/mol. The highest BCUT2D eigenvalue weighted by atomic mass is 32.2. The molecule has 4 rings (SSSR count). The average molecular weight is 437 g/mol. The lowest BCUT2D eigenvalue weighted by Gasteiger charge is -2.27. The number of aryl methyl sites for hydroxylation is 1. The van der Waals surface area contributed by atoms with Gasteiger partial charge in [-0.3, -0.25) is 4.79 Å². The molecule has 3 aromatic rings. The molecular formula is C23H20N2O3S2. The molecule has 0 fully saturated rings. The molecule has 152 valence electrons. The second kappa shape index (κ2) is 8.10. The molecule has 1 aliphatic heterocycles. The van der Waals surface area contributed by atoms with Gasteiger partial charge in [0, 0.05) is 27.9 Å². The van der Waals surface area contributed by atoms with E-state index in [2.05, 4.69) is 5.32 Å². The second-order valence-corrected chi connectivity index (χ2v) is 9.76. The fourth-order valence-electron chi connectivity index (χ4n) is 3.31. The Morgan fingerprint density at radius 3 is 2.37 bits per heavy atom. The molecule has 0 aliphatic carbocycles. The minimum absolute atomic E-state index is 0.0186. The number of anilines is 1. The summed E-state index contributed by atoms with van der Waals surface area (Å²) >= 11 is 1.65. The molecule has 3 N–H and O–H groups in total. The highest BCUT2D eigenvalue weighted by molar-refractivity contribution is 8.00. The normalized spacial score (nSPS) is 17.6. The number of carbonyl (C=O) groups is 1. The van der Waals surface area contributed by atoms with Gasteiger partial charge in [0.1, 0.15) is 0 Å². The fourth-order valence-corrected chi connectivity index (χ4v) is 5.10. The molecule has 1 unspecified atom stereocenters. The molecule has 5 nitrogen and oxygen atoms in total. The number of nitrogens with one attached hydrogen (secondary N) is 1. The van der Waals surface area contributed by atoms with Gasteiger partial charge in [0.15, 0.2) is 5.78 Å². The Hall–Kier alpha value is -2.87. The van der Waals surface area contributed by atoms with E-state index in [0.717, 1.165) is 16.0 Å². The maximum atomic E-state index is 13.3. The van der Waals surface area contributed by atoms with Gasteiger partial charge < -0.3 is 5.32 Å². The zero-order valence-corrected chi connectivity index (χ0v) is 17.8. The molecule has 1 atom stereocenters. The number of Topliss-reactive ketones (excluding diaryl/α,β-unsaturated/α-hetero) is 1. The minimum Gasteiger partial charge on any atom is -0.361 e. The van der Waals surface area contributed by atoms with Gasteiger partial charge in [0.2, 0.25) is 10.0 Å². The van der Waals surface area contributed by atoms with Gasteiger partial charge in [-0.2, -0.15) is 0 Å². The minimum atomic E-state index is -3.75. The molecule has 0 bridgehead atoms. The molecule has 30 heavy (non-hydrogen) atoms. The van der Waals surface area contributed by atoms with Gasteiger partial charge in [-0.25, -0.2) is 13.6 Å². The van der Waals surface area contributed by atoms with Crippen LogP contribution in [0.15, 0.2) is 94.4 Å². The second-order valence-electron chi connectivity index (χ2n) is 7.05. The highest BCUT2D eigenvalue weighted by Crippen LogP contribution is 2.47. The van der Waals surface area contributed by atoms with Crippen LogP contribution in [0.5, 0.6) is 0 Å². The van der Waals surface area contributed by atoms with Gasteiger partial charge in [-0.1, -0.05) is 42.0 Å². The van der Waals surface area contributed by atoms with Gasteiger partial charge in [-0.15, -0.1) is 11.8 Å². The van der Waals surface area contributed by atoms with E-state index in [1.807, 2.05) is 55.5 Å². The van der Waals surface area contributed by atoms with Crippen LogP contribution >= 0.6 is 11.8 Å². The van der Waals surface area contributed by atoms with Crippen LogP contribution in [0.2, 0.25) is 0 Å². The molecule has 0 aromatic heterocycles. The lowest BCUT2D eigenvalue weighted by Crippen LogP contribution is -2.18. The molecule has 0 radical (unpaired) electrons. The quantitative estimate of drug-likeness (QED) is 0.580. The van der Waals surface area contributed by atoms with Gasteiger partial charge in [0.25, 0.3) is 0 Å². The number of primary sulfonamides is 1. The Labute approximate surface area is 180 Å². The third kappa shape index (κ3) is 4.18. The molecule has 7 heteroatoms. The lowest BCUT2D eigenvalue weighted by atomic mass is 9.95. The van der Waals surface area contributed by atoms with E-state index in [0.29, 0.717) is 16.8 Å². The van der Waals surface area contributed by atoms with Crippen molar-refractivity contribution in [2.45, 2.75) is 22.0 Å². The van der Waals surface area contributed by atoms with E-state index in [1.165, 1.54) is 12.1 Å². The topological polar surface area (TPSA) is 89.3 Å². The van der Waals surface area contributed by atoms with E-state index >= 15 is 0 Å².